The lowest BCUT2D eigenvalue weighted by atomic mass is 9.33. The van der Waals surface area contributed by atoms with Crippen molar-refractivity contribution in [2.75, 3.05) is 9.80 Å². The molecule has 0 radical (unpaired) electrons. The number of anilines is 6. The van der Waals surface area contributed by atoms with Gasteiger partial charge in [0.2, 0.25) is 0 Å². The quantitative estimate of drug-likeness (QED) is 0.112. The van der Waals surface area contributed by atoms with Crippen molar-refractivity contribution in [3.63, 3.8) is 0 Å². The molecule has 0 unspecified atom stereocenters. The number of rotatable bonds is 9. The van der Waals surface area contributed by atoms with Gasteiger partial charge in [0.25, 0.3) is 6.71 Å². The fourth-order valence-electron chi connectivity index (χ4n) is 8.13. The zero-order valence-corrected chi connectivity index (χ0v) is 31.7. The van der Waals surface area contributed by atoms with Crippen molar-refractivity contribution < 1.29 is 0 Å². The first-order valence-corrected chi connectivity index (χ1v) is 19.1. The molecule has 0 bridgehead atoms. The second-order valence-electron chi connectivity index (χ2n) is 16.9. The molecule has 2 nitrogen and oxygen atoms in total. The zero-order valence-electron chi connectivity index (χ0n) is 31.7. The highest BCUT2D eigenvalue weighted by Gasteiger charge is 2.43. The Hall–Kier alpha value is -4.24. The molecular formula is C47H55BN2. The first-order chi connectivity index (χ1) is 24.0. The minimum atomic E-state index is 0.102. The van der Waals surface area contributed by atoms with E-state index in [1.165, 1.54) is 111 Å². The molecule has 0 saturated heterocycles. The van der Waals surface area contributed by atoms with E-state index in [0.29, 0.717) is 0 Å². The van der Waals surface area contributed by atoms with E-state index in [2.05, 4.69) is 168 Å². The average Bonchev–Trinajstić information content (AvgIpc) is 3.09. The van der Waals surface area contributed by atoms with E-state index in [9.17, 15) is 0 Å². The molecule has 3 heteroatoms. The van der Waals surface area contributed by atoms with Crippen LogP contribution in [0.2, 0.25) is 0 Å². The Morgan fingerprint density at radius 2 is 1.02 bits per heavy atom. The van der Waals surface area contributed by atoms with Gasteiger partial charge in [-0.05, 0) is 118 Å². The third-order valence-electron chi connectivity index (χ3n) is 11.0. The molecule has 0 amide bonds. The summed E-state index contributed by atoms with van der Waals surface area (Å²) in [6, 6.07) is 40.1. The van der Waals surface area contributed by atoms with Gasteiger partial charge in [0.15, 0.2) is 0 Å². The van der Waals surface area contributed by atoms with Gasteiger partial charge in [-0.2, -0.15) is 0 Å². The van der Waals surface area contributed by atoms with E-state index in [0.717, 1.165) is 6.42 Å². The smallest absolute Gasteiger partial charge is 0.252 e. The maximum absolute atomic E-state index is 2.56. The van der Waals surface area contributed by atoms with Crippen molar-refractivity contribution in [1.82, 2.24) is 0 Å². The van der Waals surface area contributed by atoms with Crippen LogP contribution in [-0.2, 0) is 17.3 Å². The Labute approximate surface area is 302 Å². The zero-order chi connectivity index (χ0) is 35.2. The molecule has 256 valence electrons. The van der Waals surface area contributed by atoms with Crippen LogP contribution in [0.3, 0.4) is 0 Å². The van der Waals surface area contributed by atoms with Crippen molar-refractivity contribution >= 4 is 57.2 Å². The first kappa shape index (κ1) is 34.2. The van der Waals surface area contributed by atoms with E-state index >= 15 is 0 Å². The molecule has 0 fully saturated rings. The number of aryl methyl sites for hydroxylation is 2. The molecule has 0 atom stereocenters. The fourth-order valence-corrected chi connectivity index (χ4v) is 8.13. The Kier molecular flexibility index (Phi) is 9.22. The summed E-state index contributed by atoms with van der Waals surface area (Å²) in [5, 5.41) is 0. The highest BCUT2D eigenvalue weighted by Crippen LogP contribution is 2.44. The summed E-state index contributed by atoms with van der Waals surface area (Å²) in [4.78, 5) is 5.07. The number of nitrogens with zero attached hydrogens (tertiary/aromatic N) is 2. The summed E-state index contributed by atoms with van der Waals surface area (Å²) in [5.74, 6) is 0. The maximum atomic E-state index is 2.56. The SMILES string of the molecule is CCCCCCCCc1ccc2c(c1)N(c1ccc(C(C)(C)C)cc1)c1cccc3c1B2c1ccc(C)cc1N3c1ccc(C(C)(C)C)cc1. The summed E-state index contributed by atoms with van der Waals surface area (Å²) >= 11 is 0. The van der Waals surface area contributed by atoms with Gasteiger partial charge in [0.1, 0.15) is 0 Å². The lowest BCUT2D eigenvalue weighted by Gasteiger charge is -2.44. The van der Waals surface area contributed by atoms with Crippen LogP contribution in [0, 0.1) is 6.92 Å². The largest absolute Gasteiger partial charge is 0.311 e. The van der Waals surface area contributed by atoms with Crippen LogP contribution in [0.4, 0.5) is 34.1 Å². The Balaban J connectivity index is 1.39. The molecule has 2 heterocycles. The second-order valence-corrected chi connectivity index (χ2v) is 16.9. The van der Waals surface area contributed by atoms with Gasteiger partial charge < -0.3 is 9.80 Å². The van der Waals surface area contributed by atoms with Crippen molar-refractivity contribution in [1.29, 1.82) is 0 Å². The van der Waals surface area contributed by atoms with Crippen molar-refractivity contribution in [2.24, 2.45) is 0 Å². The van der Waals surface area contributed by atoms with Gasteiger partial charge in [0.05, 0.1) is 0 Å². The summed E-state index contributed by atoms with van der Waals surface area (Å²) in [6.45, 7) is 18.4. The molecule has 0 aliphatic carbocycles. The van der Waals surface area contributed by atoms with Gasteiger partial charge in [-0.15, -0.1) is 0 Å². The Morgan fingerprint density at radius 3 is 1.56 bits per heavy atom. The summed E-state index contributed by atoms with van der Waals surface area (Å²) in [6.07, 6.45) is 9.03. The average molecular weight is 659 g/mol. The van der Waals surface area contributed by atoms with Gasteiger partial charge >= 0.3 is 0 Å². The molecule has 0 saturated carbocycles. The van der Waals surface area contributed by atoms with Crippen LogP contribution >= 0.6 is 0 Å². The molecule has 5 aromatic rings. The Bertz CT molecular complexity index is 1970. The molecule has 2 aliphatic heterocycles. The van der Waals surface area contributed by atoms with Crippen LogP contribution < -0.4 is 26.2 Å². The van der Waals surface area contributed by atoms with Crippen molar-refractivity contribution in [3.05, 3.63) is 125 Å². The lowest BCUT2D eigenvalue weighted by molar-refractivity contribution is 0.590. The van der Waals surface area contributed by atoms with Gasteiger partial charge in [0, 0.05) is 34.1 Å². The summed E-state index contributed by atoms with van der Waals surface area (Å²) in [7, 11) is 0. The van der Waals surface area contributed by atoms with Gasteiger partial charge in [-0.3, -0.25) is 0 Å². The molecule has 0 N–H and O–H groups in total. The van der Waals surface area contributed by atoms with E-state index < -0.39 is 0 Å². The van der Waals surface area contributed by atoms with Gasteiger partial charge in [-0.1, -0.05) is 135 Å². The van der Waals surface area contributed by atoms with Crippen molar-refractivity contribution in [2.45, 2.75) is 111 Å². The fraction of sp³-hybridized carbons (Fsp3) is 0.362. The van der Waals surface area contributed by atoms with Crippen LogP contribution in [-0.4, -0.2) is 6.71 Å². The molecule has 0 aromatic heterocycles. The highest BCUT2D eigenvalue weighted by atomic mass is 15.2. The second kappa shape index (κ2) is 13.5. The first-order valence-electron chi connectivity index (χ1n) is 19.1. The van der Waals surface area contributed by atoms with Crippen LogP contribution in [0.5, 0.6) is 0 Å². The normalized spacial score (nSPS) is 13.6. The van der Waals surface area contributed by atoms with Gasteiger partial charge in [-0.25, -0.2) is 0 Å². The topological polar surface area (TPSA) is 6.48 Å². The van der Waals surface area contributed by atoms with Crippen molar-refractivity contribution in [3.8, 4) is 0 Å². The van der Waals surface area contributed by atoms with E-state index in [1.54, 1.807) is 0 Å². The molecule has 50 heavy (non-hydrogen) atoms. The third kappa shape index (κ3) is 6.41. The van der Waals surface area contributed by atoms with E-state index in [4.69, 9.17) is 0 Å². The molecule has 0 spiro atoms. The number of fused-ring (bicyclic) bond motifs is 4. The summed E-state index contributed by atoms with van der Waals surface area (Å²) < 4.78 is 0. The molecular weight excluding hydrogens is 603 g/mol. The highest BCUT2D eigenvalue weighted by molar-refractivity contribution is 7.00. The third-order valence-corrected chi connectivity index (χ3v) is 11.0. The van der Waals surface area contributed by atoms with E-state index in [1.807, 2.05) is 0 Å². The minimum Gasteiger partial charge on any atom is -0.311 e. The van der Waals surface area contributed by atoms with Crippen LogP contribution in [0.1, 0.15) is 109 Å². The predicted octanol–water partition coefficient (Wildman–Crippen LogP) is 11.6. The number of hydrogen-bond acceptors (Lipinski definition) is 2. The van der Waals surface area contributed by atoms with Crippen LogP contribution in [0.15, 0.2) is 103 Å². The predicted molar refractivity (Wildman–Crippen MR) is 220 cm³/mol. The van der Waals surface area contributed by atoms with Crippen LogP contribution in [0.25, 0.3) is 0 Å². The summed E-state index contributed by atoms with van der Waals surface area (Å²) in [5.41, 5.74) is 17.4. The standard InChI is InChI=1S/C47H55BN2/c1-9-10-11-12-13-14-16-34-20-30-40-44(32-34)50(38-27-23-36(24-28-38)47(6,7)8)42-18-15-17-41-45(42)48(40)39-29-19-33(2)31-43(39)49(41)37-25-21-35(22-26-37)46(3,4)5/h15,17-32H,9-14,16H2,1-8H3. The maximum Gasteiger partial charge on any atom is 0.252 e. The lowest BCUT2D eigenvalue weighted by Crippen LogP contribution is -2.61. The minimum absolute atomic E-state index is 0.102. The Morgan fingerprint density at radius 1 is 0.520 bits per heavy atom. The number of unbranched alkanes of at least 4 members (excludes halogenated alkanes) is 5. The monoisotopic (exact) mass is 658 g/mol. The molecule has 5 aromatic carbocycles. The number of benzene rings is 5. The van der Waals surface area contributed by atoms with E-state index in [-0.39, 0.29) is 17.5 Å². The molecule has 2 aliphatic rings. The number of hydrogen-bond donors (Lipinski definition) is 0. The molecule has 7 rings (SSSR count).